The highest BCUT2D eigenvalue weighted by Gasteiger charge is 2.19. The van der Waals surface area contributed by atoms with Gasteiger partial charge in [-0.3, -0.25) is 9.48 Å². The van der Waals surface area contributed by atoms with Gasteiger partial charge in [-0.15, -0.1) is 0 Å². The van der Waals surface area contributed by atoms with Gasteiger partial charge >= 0.3 is 0 Å². The van der Waals surface area contributed by atoms with Crippen LogP contribution >= 0.6 is 0 Å². The highest BCUT2D eigenvalue weighted by Crippen LogP contribution is 2.09. The Morgan fingerprint density at radius 3 is 3.18 bits per heavy atom. The normalized spacial score (nSPS) is 20.2. The van der Waals surface area contributed by atoms with E-state index >= 15 is 0 Å². The minimum atomic E-state index is 0.00338. The van der Waals surface area contributed by atoms with Crippen LogP contribution in [0.15, 0.2) is 6.20 Å². The Kier molecular flexibility index (Phi) is 3.78. The van der Waals surface area contributed by atoms with Gasteiger partial charge < -0.3 is 10.6 Å². The maximum absolute atomic E-state index is 12.1. The number of hydrogen-bond acceptors (Lipinski definition) is 3. The Bertz CT molecular complexity index is 393. The summed E-state index contributed by atoms with van der Waals surface area (Å²) in [7, 11) is 1.85. The van der Waals surface area contributed by atoms with Crippen molar-refractivity contribution in [3.63, 3.8) is 0 Å². The zero-order chi connectivity index (χ0) is 12.3. The Labute approximate surface area is 102 Å². The van der Waals surface area contributed by atoms with E-state index in [9.17, 15) is 4.79 Å². The zero-order valence-corrected chi connectivity index (χ0v) is 10.5. The number of rotatable bonds is 3. The molecule has 0 saturated carbocycles. The molecule has 1 aliphatic heterocycles. The first kappa shape index (κ1) is 12.1. The molecule has 2 rings (SSSR count). The van der Waals surface area contributed by atoms with Crippen LogP contribution in [0.2, 0.25) is 0 Å². The van der Waals surface area contributed by atoms with Gasteiger partial charge in [-0.2, -0.15) is 5.10 Å². The molecule has 1 amide bonds. The molecule has 1 unspecified atom stereocenters. The summed E-state index contributed by atoms with van der Waals surface area (Å²) < 4.78 is 1.70. The third kappa shape index (κ3) is 2.85. The van der Waals surface area contributed by atoms with Gasteiger partial charge in [0, 0.05) is 25.8 Å². The van der Waals surface area contributed by atoms with Gasteiger partial charge in [-0.05, 0) is 25.8 Å². The quantitative estimate of drug-likeness (QED) is 0.802. The van der Waals surface area contributed by atoms with Gasteiger partial charge in [-0.1, -0.05) is 6.92 Å². The minimum absolute atomic E-state index is 0.00338. The third-order valence-corrected chi connectivity index (χ3v) is 3.12. The molecule has 5 heteroatoms. The molecule has 1 aromatic rings. The lowest BCUT2D eigenvalue weighted by Gasteiger charge is -2.23. The highest BCUT2D eigenvalue weighted by atomic mass is 16.1. The van der Waals surface area contributed by atoms with Crippen molar-refractivity contribution in [3.05, 3.63) is 17.5 Å². The predicted octanol–water partition coefficient (Wildman–Crippen LogP) is 0.464. The maximum Gasteiger partial charge on any atom is 0.255 e. The van der Waals surface area contributed by atoms with Gasteiger partial charge in [0.2, 0.25) is 0 Å². The number of piperidine rings is 1. The molecule has 17 heavy (non-hydrogen) atoms. The van der Waals surface area contributed by atoms with E-state index in [2.05, 4.69) is 15.7 Å². The van der Waals surface area contributed by atoms with Crippen LogP contribution in [0.25, 0.3) is 0 Å². The second-order valence-corrected chi connectivity index (χ2v) is 4.53. The standard InChI is InChI=1S/C12H20N4O/c1-3-11-10(8-16(2)15-11)12(17)14-9-5-4-6-13-7-9/h8-9,13H,3-7H2,1-2H3,(H,14,17). The molecular formula is C12H20N4O. The summed E-state index contributed by atoms with van der Waals surface area (Å²) in [6.45, 7) is 3.94. The molecule has 94 valence electrons. The van der Waals surface area contributed by atoms with Gasteiger partial charge in [0.1, 0.15) is 0 Å². The molecular weight excluding hydrogens is 216 g/mol. The Morgan fingerprint density at radius 2 is 2.53 bits per heavy atom. The average Bonchev–Trinajstić information content (AvgIpc) is 2.72. The number of aromatic nitrogens is 2. The maximum atomic E-state index is 12.1. The number of hydrogen-bond donors (Lipinski definition) is 2. The van der Waals surface area contributed by atoms with Crippen molar-refractivity contribution < 1.29 is 4.79 Å². The van der Waals surface area contributed by atoms with E-state index in [0.29, 0.717) is 5.56 Å². The summed E-state index contributed by atoms with van der Waals surface area (Å²) >= 11 is 0. The lowest BCUT2D eigenvalue weighted by Crippen LogP contribution is -2.45. The monoisotopic (exact) mass is 236 g/mol. The van der Waals surface area contributed by atoms with E-state index in [-0.39, 0.29) is 11.9 Å². The minimum Gasteiger partial charge on any atom is -0.348 e. The van der Waals surface area contributed by atoms with Crippen LogP contribution in [0.4, 0.5) is 0 Å². The molecule has 0 aliphatic carbocycles. The van der Waals surface area contributed by atoms with Crippen molar-refractivity contribution in [3.8, 4) is 0 Å². The number of carbonyl (C=O) groups is 1. The van der Waals surface area contributed by atoms with E-state index in [1.807, 2.05) is 14.0 Å². The smallest absolute Gasteiger partial charge is 0.255 e. The van der Waals surface area contributed by atoms with E-state index < -0.39 is 0 Å². The van der Waals surface area contributed by atoms with Gasteiger partial charge in [-0.25, -0.2) is 0 Å². The van der Waals surface area contributed by atoms with Gasteiger partial charge in [0.15, 0.2) is 0 Å². The molecule has 2 N–H and O–H groups in total. The Hall–Kier alpha value is -1.36. The Morgan fingerprint density at radius 1 is 1.71 bits per heavy atom. The van der Waals surface area contributed by atoms with Crippen LogP contribution < -0.4 is 10.6 Å². The number of amides is 1. The van der Waals surface area contributed by atoms with Crippen molar-refractivity contribution in [2.75, 3.05) is 13.1 Å². The molecule has 1 fully saturated rings. The van der Waals surface area contributed by atoms with E-state index in [1.165, 1.54) is 0 Å². The van der Waals surface area contributed by atoms with E-state index in [0.717, 1.165) is 38.0 Å². The average molecular weight is 236 g/mol. The molecule has 2 heterocycles. The SMILES string of the molecule is CCc1nn(C)cc1C(=O)NC1CCCNC1. The second-order valence-electron chi connectivity index (χ2n) is 4.53. The zero-order valence-electron chi connectivity index (χ0n) is 10.5. The first-order chi connectivity index (χ1) is 8.20. The second kappa shape index (κ2) is 5.31. The van der Waals surface area contributed by atoms with E-state index in [4.69, 9.17) is 0 Å². The molecule has 0 radical (unpaired) electrons. The molecule has 0 aromatic carbocycles. The van der Waals surface area contributed by atoms with Crippen LogP contribution in [0.1, 0.15) is 35.8 Å². The summed E-state index contributed by atoms with van der Waals surface area (Å²) in [4.78, 5) is 12.1. The van der Waals surface area contributed by atoms with Crippen LogP contribution in [0, 0.1) is 0 Å². The van der Waals surface area contributed by atoms with Gasteiger partial charge in [0.05, 0.1) is 11.3 Å². The van der Waals surface area contributed by atoms with Crippen LogP contribution in [-0.2, 0) is 13.5 Å². The first-order valence-corrected chi connectivity index (χ1v) is 6.24. The number of carbonyl (C=O) groups excluding carboxylic acids is 1. The molecule has 1 aliphatic rings. The highest BCUT2D eigenvalue weighted by molar-refractivity contribution is 5.95. The van der Waals surface area contributed by atoms with Crippen LogP contribution in [0.5, 0.6) is 0 Å². The van der Waals surface area contributed by atoms with Crippen molar-refractivity contribution in [1.82, 2.24) is 20.4 Å². The van der Waals surface area contributed by atoms with Crippen molar-refractivity contribution in [2.45, 2.75) is 32.2 Å². The molecule has 1 saturated heterocycles. The summed E-state index contributed by atoms with van der Waals surface area (Å²) in [5.41, 5.74) is 1.58. The first-order valence-electron chi connectivity index (χ1n) is 6.24. The van der Waals surface area contributed by atoms with Crippen molar-refractivity contribution in [1.29, 1.82) is 0 Å². The fourth-order valence-electron chi connectivity index (χ4n) is 2.22. The fraction of sp³-hybridized carbons (Fsp3) is 0.667. The number of aryl methyl sites for hydroxylation is 2. The lowest BCUT2D eigenvalue weighted by atomic mass is 10.1. The third-order valence-electron chi connectivity index (χ3n) is 3.12. The molecule has 0 spiro atoms. The topological polar surface area (TPSA) is 59.0 Å². The van der Waals surface area contributed by atoms with Crippen LogP contribution in [-0.4, -0.2) is 34.8 Å². The number of nitrogens with one attached hydrogen (secondary N) is 2. The fourth-order valence-corrected chi connectivity index (χ4v) is 2.22. The molecule has 5 nitrogen and oxygen atoms in total. The summed E-state index contributed by atoms with van der Waals surface area (Å²) in [6, 6.07) is 0.251. The Balaban J connectivity index is 2.02. The largest absolute Gasteiger partial charge is 0.348 e. The van der Waals surface area contributed by atoms with E-state index in [1.54, 1.807) is 10.9 Å². The lowest BCUT2D eigenvalue weighted by molar-refractivity contribution is 0.0929. The molecule has 1 atom stereocenters. The predicted molar refractivity (Wildman–Crippen MR) is 65.9 cm³/mol. The molecule has 1 aromatic heterocycles. The summed E-state index contributed by atoms with van der Waals surface area (Å²) in [6.07, 6.45) is 4.76. The van der Waals surface area contributed by atoms with Crippen molar-refractivity contribution in [2.24, 2.45) is 7.05 Å². The van der Waals surface area contributed by atoms with Gasteiger partial charge in [0.25, 0.3) is 5.91 Å². The summed E-state index contributed by atoms with van der Waals surface area (Å²) in [5.74, 6) is 0.00338. The van der Waals surface area contributed by atoms with Crippen LogP contribution in [0.3, 0.4) is 0 Å². The molecule has 0 bridgehead atoms. The number of nitrogens with zero attached hydrogens (tertiary/aromatic N) is 2. The van der Waals surface area contributed by atoms with Crippen molar-refractivity contribution >= 4 is 5.91 Å². The summed E-state index contributed by atoms with van der Waals surface area (Å²) in [5, 5.41) is 10.6.